The summed E-state index contributed by atoms with van der Waals surface area (Å²) in [4.78, 5) is 8.84. The van der Waals surface area contributed by atoms with Gasteiger partial charge in [-0.25, -0.2) is 9.97 Å². The molecular weight excluding hydrogens is 320 g/mol. The number of halogens is 1. The molecule has 0 bridgehead atoms. The van der Waals surface area contributed by atoms with E-state index in [9.17, 15) is 0 Å². The highest BCUT2D eigenvalue weighted by Crippen LogP contribution is 2.40. The van der Waals surface area contributed by atoms with Crippen molar-refractivity contribution in [1.29, 1.82) is 0 Å². The Labute approximate surface area is 138 Å². The quantitative estimate of drug-likeness (QED) is 0.761. The van der Waals surface area contributed by atoms with Crippen LogP contribution in [-0.4, -0.2) is 20.2 Å². The number of hydrogen-bond acceptors (Lipinski definition) is 6. The molecule has 7 heteroatoms. The summed E-state index contributed by atoms with van der Waals surface area (Å²) in [6, 6.07) is 1.75. The van der Waals surface area contributed by atoms with Gasteiger partial charge in [0.15, 0.2) is 0 Å². The van der Waals surface area contributed by atoms with E-state index in [1.54, 1.807) is 6.07 Å². The van der Waals surface area contributed by atoms with Crippen LogP contribution in [0.5, 0.6) is 0 Å². The van der Waals surface area contributed by atoms with E-state index in [4.69, 9.17) is 16.0 Å². The maximum Gasteiger partial charge on any atom is 0.282 e. The van der Waals surface area contributed by atoms with Crippen LogP contribution in [0.25, 0.3) is 0 Å². The number of aromatic nitrogens is 4. The largest absolute Gasteiger partial charge is 0.415 e. The minimum absolute atomic E-state index is 0.423. The topological polar surface area (TPSA) is 64.7 Å². The molecule has 2 aliphatic rings. The lowest BCUT2D eigenvalue weighted by Crippen LogP contribution is -2.04. The maximum atomic E-state index is 6.08. The molecule has 0 spiro atoms. The highest BCUT2D eigenvalue weighted by atomic mass is 35.5. The summed E-state index contributed by atoms with van der Waals surface area (Å²) in [6.07, 6.45) is 8.42. The lowest BCUT2D eigenvalue weighted by Gasteiger charge is -2.17. The van der Waals surface area contributed by atoms with Crippen LogP contribution < -0.4 is 0 Å². The first-order valence-electron chi connectivity index (χ1n) is 7.83. The molecule has 0 N–H and O–H groups in total. The molecule has 5 nitrogen and oxygen atoms in total. The molecule has 0 atom stereocenters. The second kappa shape index (κ2) is 6.16. The van der Waals surface area contributed by atoms with Crippen LogP contribution in [0.2, 0.25) is 5.15 Å². The van der Waals surface area contributed by atoms with Crippen molar-refractivity contribution in [3.8, 4) is 0 Å². The average molecular weight is 337 g/mol. The molecule has 116 valence electrons. The van der Waals surface area contributed by atoms with Gasteiger partial charge in [-0.05, 0) is 37.4 Å². The van der Waals surface area contributed by atoms with Gasteiger partial charge in [0.25, 0.3) is 5.22 Å². The number of nitrogens with zero attached hydrogens (tertiary/aromatic N) is 4. The summed E-state index contributed by atoms with van der Waals surface area (Å²) in [5, 5.41) is 10.2. The summed E-state index contributed by atoms with van der Waals surface area (Å²) in [5.74, 6) is 2.50. The van der Waals surface area contributed by atoms with E-state index >= 15 is 0 Å². The van der Waals surface area contributed by atoms with E-state index in [2.05, 4.69) is 20.2 Å². The fourth-order valence-electron chi connectivity index (χ4n) is 2.86. The standard InChI is InChI=1S/C15H17ClN4OS/c16-11-8-12(18-13(17-11)9-6-7-9)22-15-20-19-14(21-15)10-4-2-1-3-5-10/h8-10H,1-7H2. The van der Waals surface area contributed by atoms with Crippen LogP contribution in [-0.2, 0) is 0 Å². The Morgan fingerprint density at radius 1 is 1.00 bits per heavy atom. The predicted octanol–water partition coefficient (Wildman–Crippen LogP) is 4.59. The van der Waals surface area contributed by atoms with E-state index in [1.165, 1.54) is 31.0 Å². The fourth-order valence-corrected chi connectivity index (χ4v) is 3.81. The monoisotopic (exact) mass is 336 g/mol. The van der Waals surface area contributed by atoms with Crippen molar-refractivity contribution in [2.24, 2.45) is 0 Å². The minimum Gasteiger partial charge on any atom is -0.415 e. The normalized spacial score (nSPS) is 19.5. The van der Waals surface area contributed by atoms with Crippen molar-refractivity contribution in [3.05, 3.63) is 22.9 Å². The maximum absolute atomic E-state index is 6.08. The molecule has 2 aromatic rings. The molecule has 0 aliphatic heterocycles. The van der Waals surface area contributed by atoms with E-state index in [0.29, 0.717) is 22.2 Å². The van der Waals surface area contributed by atoms with Crippen molar-refractivity contribution in [2.75, 3.05) is 0 Å². The third-order valence-electron chi connectivity index (χ3n) is 4.20. The Hall–Kier alpha value is -1.14. The average Bonchev–Trinajstić information content (AvgIpc) is 3.28. The van der Waals surface area contributed by atoms with E-state index in [-0.39, 0.29) is 0 Å². The van der Waals surface area contributed by atoms with Gasteiger partial charge in [0, 0.05) is 17.9 Å². The van der Waals surface area contributed by atoms with Crippen molar-refractivity contribution >= 4 is 23.4 Å². The van der Waals surface area contributed by atoms with Crippen molar-refractivity contribution in [3.63, 3.8) is 0 Å². The highest BCUT2D eigenvalue weighted by Gasteiger charge is 2.28. The Bertz CT molecular complexity index is 667. The molecule has 0 radical (unpaired) electrons. The minimum atomic E-state index is 0.423. The van der Waals surface area contributed by atoms with Gasteiger partial charge in [-0.2, -0.15) is 0 Å². The Morgan fingerprint density at radius 2 is 1.82 bits per heavy atom. The van der Waals surface area contributed by atoms with Crippen LogP contribution in [0, 0.1) is 0 Å². The SMILES string of the molecule is Clc1cc(Sc2nnc(C3CCCCC3)o2)nc(C2CC2)n1. The first-order valence-corrected chi connectivity index (χ1v) is 9.03. The van der Waals surface area contributed by atoms with E-state index in [1.807, 2.05) is 0 Å². The molecular formula is C15H17ClN4OS. The van der Waals surface area contributed by atoms with Gasteiger partial charge in [-0.15, -0.1) is 10.2 Å². The van der Waals surface area contributed by atoms with Gasteiger partial charge in [0.2, 0.25) is 5.89 Å². The summed E-state index contributed by atoms with van der Waals surface area (Å²) >= 11 is 7.45. The smallest absolute Gasteiger partial charge is 0.282 e. The van der Waals surface area contributed by atoms with Crippen LogP contribution >= 0.6 is 23.4 Å². The summed E-state index contributed by atoms with van der Waals surface area (Å²) in [7, 11) is 0. The second-order valence-electron chi connectivity index (χ2n) is 6.00. The molecule has 0 aromatic carbocycles. The van der Waals surface area contributed by atoms with Gasteiger partial charge < -0.3 is 4.42 Å². The van der Waals surface area contributed by atoms with Crippen LogP contribution in [0.3, 0.4) is 0 Å². The highest BCUT2D eigenvalue weighted by molar-refractivity contribution is 7.99. The molecule has 22 heavy (non-hydrogen) atoms. The zero-order valence-electron chi connectivity index (χ0n) is 12.2. The summed E-state index contributed by atoms with van der Waals surface area (Å²) < 4.78 is 5.82. The van der Waals surface area contributed by atoms with E-state index in [0.717, 1.165) is 42.4 Å². The first kappa shape index (κ1) is 14.5. The summed E-state index contributed by atoms with van der Waals surface area (Å²) in [6.45, 7) is 0. The van der Waals surface area contributed by atoms with Crippen LogP contribution in [0.4, 0.5) is 0 Å². The molecule has 0 unspecified atom stereocenters. The zero-order chi connectivity index (χ0) is 14.9. The second-order valence-corrected chi connectivity index (χ2v) is 7.36. The van der Waals surface area contributed by atoms with Crippen LogP contribution in [0.15, 0.2) is 20.7 Å². The first-order chi connectivity index (χ1) is 10.8. The van der Waals surface area contributed by atoms with Crippen molar-refractivity contribution in [2.45, 2.75) is 67.0 Å². The molecule has 0 amide bonds. The van der Waals surface area contributed by atoms with Gasteiger partial charge in [-0.1, -0.05) is 30.9 Å². The Morgan fingerprint density at radius 3 is 2.59 bits per heavy atom. The molecule has 2 heterocycles. The molecule has 2 aromatic heterocycles. The van der Waals surface area contributed by atoms with Crippen LogP contribution in [0.1, 0.15) is 68.5 Å². The third kappa shape index (κ3) is 3.27. The Kier molecular flexibility index (Phi) is 4.05. The van der Waals surface area contributed by atoms with E-state index < -0.39 is 0 Å². The predicted molar refractivity (Wildman–Crippen MR) is 83.3 cm³/mol. The molecule has 2 saturated carbocycles. The summed E-state index contributed by atoms with van der Waals surface area (Å²) in [5.41, 5.74) is 0. The van der Waals surface area contributed by atoms with Gasteiger partial charge in [-0.3, -0.25) is 0 Å². The number of hydrogen-bond donors (Lipinski definition) is 0. The lowest BCUT2D eigenvalue weighted by molar-refractivity contribution is 0.334. The molecule has 4 rings (SSSR count). The lowest BCUT2D eigenvalue weighted by atomic mass is 9.89. The zero-order valence-corrected chi connectivity index (χ0v) is 13.7. The molecule has 2 fully saturated rings. The molecule has 0 saturated heterocycles. The fraction of sp³-hybridized carbons (Fsp3) is 0.600. The number of rotatable bonds is 4. The Balaban J connectivity index is 1.50. The molecule has 2 aliphatic carbocycles. The van der Waals surface area contributed by atoms with Crippen molar-refractivity contribution in [1.82, 2.24) is 20.2 Å². The van der Waals surface area contributed by atoms with Crippen molar-refractivity contribution < 1.29 is 4.42 Å². The third-order valence-corrected chi connectivity index (χ3v) is 5.15. The van der Waals surface area contributed by atoms with Gasteiger partial charge in [0.1, 0.15) is 16.0 Å². The van der Waals surface area contributed by atoms with Gasteiger partial charge in [0.05, 0.1) is 0 Å². The van der Waals surface area contributed by atoms with Gasteiger partial charge >= 0.3 is 0 Å².